The molecule has 1 atom stereocenters. The highest BCUT2D eigenvalue weighted by Crippen LogP contribution is 2.05. The van der Waals surface area contributed by atoms with Crippen LogP contribution in [0.2, 0.25) is 0 Å². The van der Waals surface area contributed by atoms with Gasteiger partial charge in [0.1, 0.15) is 6.04 Å². The number of benzene rings is 1. The average Bonchev–Trinajstić information content (AvgIpc) is 2.42. The topological polar surface area (TPSA) is 52.3 Å². The van der Waals surface area contributed by atoms with Crippen LogP contribution < -0.4 is 5.73 Å². The Morgan fingerprint density at radius 1 is 1.28 bits per heavy atom. The predicted molar refractivity (Wildman–Crippen MR) is 73.2 cm³/mol. The summed E-state index contributed by atoms with van der Waals surface area (Å²) in [5.74, 6) is -0.276. The fraction of sp³-hybridized carbons (Fsp3) is 0.533. The molecule has 2 N–H and O–H groups in total. The van der Waals surface area contributed by atoms with Gasteiger partial charge in [0, 0.05) is 0 Å². The first kappa shape index (κ1) is 14.7. The van der Waals surface area contributed by atoms with Crippen LogP contribution in [0.4, 0.5) is 0 Å². The largest absolute Gasteiger partial charge is 0.465 e. The molecule has 0 heterocycles. The maximum atomic E-state index is 11.6. The fourth-order valence-corrected chi connectivity index (χ4v) is 1.72. The molecule has 0 fully saturated rings. The van der Waals surface area contributed by atoms with E-state index in [4.69, 9.17) is 10.5 Å². The maximum Gasteiger partial charge on any atom is 0.322 e. The molecule has 0 aliphatic rings. The van der Waals surface area contributed by atoms with Crippen LogP contribution in [0.1, 0.15) is 38.2 Å². The molecule has 0 unspecified atom stereocenters. The number of ether oxygens (including phenoxy) is 1. The zero-order valence-electron chi connectivity index (χ0n) is 11.1. The minimum Gasteiger partial charge on any atom is -0.465 e. The van der Waals surface area contributed by atoms with Crippen LogP contribution in [-0.2, 0) is 16.0 Å². The number of esters is 1. The minimum absolute atomic E-state index is 0.276. The molecular weight excluding hydrogens is 226 g/mol. The Kier molecular flexibility index (Phi) is 7.11. The molecule has 100 valence electrons. The quantitative estimate of drug-likeness (QED) is 0.569. The van der Waals surface area contributed by atoms with Crippen molar-refractivity contribution in [3.05, 3.63) is 35.9 Å². The van der Waals surface area contributed by atoms with Crippen LogP contribution in [0.25, 0.3) is 0 Å². The molecule has 0 saturated carbocycles. The first-order valence-electron chi connectivity index (χ1n) is 6.70. The summed E-state index contributed by atoms with van der Waals surface area (Å²) in [5.41, 5.74) is 7.01. The molecule has 1 rings (SSSR count). The Hall–Kier alpha value is -1.35. The van der Waals surface area contributed by atoms with E-state index in [2.05, 4.69) is 6.92 Å². The molecule has 0 amide bonds. The van der Waals surface area contributed by atoms with Crippen LogP contribution in [0.15, 0.2) is 30.3 Å². The van der Waals surface area contributed by atoms with E-state index in [0.29, 0.717) is 13.0 Å². The third kappa shape index (κ3) is 5.82. The lowest BCUT2D eigenvalue weighted by Crippen LogP contribution is -2.33. The van der Waals surface area contributed by atoms with E-state index in [-0.39, 0.29) is 5.97 Å². The second kappa shape index (κ2) is 8.70. The van der Waals surface area contributed by atoms with Crippen molar-refractivity contribution < 1.29 is 9.53 Å². The van der Waals surface area contributed by atoms with Gasteiger partial charge in [-0.2, -0.15) is 0 Å². The number of hydrogen-bond donors (Lipinski definition) is 1. The van der Waals surface area contributed by atoms with Gasteiger partial charge >= 0.3 is 5.97 Å². The minimum atomic E-state index is -0.508. The van der Waals surface area contributed by atoms with Crippen LogP contribution in [-0.4, -0.2) is 18.6 Å². The number of unbranched alkanes of at least 4 members (excludes halogenated alkanes) is 2. The Balaban J connectivity index is 2.19. The summed E-state index contributed by atoms with van der Waals surface area (Å²) in [6.45, 7) is 2.61. The summed E-state index contributed by atoms with van der Waals surface area (Å²) in [6.07, 6.45) is 4.58. The van der Waals surface area contributed by atoms with Crippen molar-refractivity contribution in [2.75, 3.05) is 6.61 Å². The zero-order valence-corrected chi connectivity index (χ0v) is 11.1. The van der Waals surface area contributed by atoms with Gasteiger partial charge in [0.05, 0.1) is 6.61 Å². The Morgan fingerprint density at radius 3 is 2.67 bits per heavy atom. The molecule has 3 nitrogen and oxygen atoms in total. The average molecular weight is 249 g/mol. The lowest BCUT2D eigenvalue weighted by molar-refractivity contribution is -0.145. The van der Waals surface area contributed by atoms with Crippen molar-refractivity contribution in [1.82, 2.24) is 0 Å². The Morgan fingerprint density at radius 2 is 2.00 bits per heavy atom. The summed E-state index contributed by atoms with van der Waals surface area (Å²) >= 11 is 0. The van der Waals surface area contributed by atoms with E-state index in [0.717, 1.165) is 25.7 Å². The van der Waals surface area contributed by atoms with Crippen molar-refractivity contribution in [3.8, 4) is 0 Å². The van der Waals surface area contributed by atoms with Gasteiger partial charge in [-0.05, 0) is 24.8 Å². The normalized spacial score (nSPS) is 12.1. The summed E-state index contributed by atoms with van der Waals surface area (Å²) in [5, 5.41) is 0. The molecule has 0 aromatic heterocycles. The van der Waals surface area contributed by atoms with Crippen molar-refractivity contribution in [2.24, 2.45) is 5.73 Å². The molecular formula is C15H23NO2. The molecule has 0 spiro atoms. The molecule has 3 heteroatoms. The number of carbonyl (C=O) groups is 1. The third-order valence-corrected chi connectivity index (χ3v) is 2.88. The van der Waals surface area contributed by atoms with E-state index in [1.807, 2.05) is 30.3 Å². The number of carbonyl (C=O) groups excluding carboxylic acids is 1. The molecule has 0 aliphatic carbocycles. The first-order valence-corrected chi connectivity index (χ1v) is 6.70. The highest BCUT2D eigenvalue weighted by Gasteiger charge is 2.14. The van der Waals surface area contributed by atoms with Crippen molar-refractivity contribution >= 4 is 5.97 Å². The highest BCUT2D eigenvalue weighted by atomic mass is 16.5. The predicted octanol–water partition coefficient (Wildman–Crippen LogP) is 2.68. The van der Waals surface area contributed by atoms with E-state index in [9.17, 15) is 4.79 Å². The van der Waals surface area contributed by atoms with Gasteiger partial charge in [-0.3, -0.25) is 4.79 Å². The van der Waals surface area contributed by atoms with Gasteiger partial charge < -0.3 is 10.5 Å². The van der Waals surface area contributed by atoms with Crippen LogP contribution in [0, 0.1) is 0 Å². The number of hydrogen-bond acceptors (Lipinski definition) is 3. The van der Waals surface area contributed by atoms with Crippen LogP contribution in [0.5, 0.6) is 0 Å². The maximum absolute atomic E-state index is 11.6. The standard InChI is InChI=1S/C15H23NO2/c1-2-3-7-12-18-15(17)14(16)11-10-13-8-5-4-6-9-13/h4-6,8-9,14H,2-3,7,10-12,16H2,1H3/t14-/m0/s1. The number of rotatable bonds is 8. The molecule has 18 heavy (non-hydrogen) atoms. The van der Waals surface area contributed by atoms with Gasteiger partial charge in [0.15, 0.2) is 0 Å². The highest BCUT2D eigenvalue weighted by molar-refractivity contribution is 5.75. The molecule has 1 aromatic rings. The Labute approximate surface area is 109 Å². The smallest absolute Gasteiger partial charge is 0.322 e. The first-order chi connectivity index (χ1) is 8.74. The Bertz CT molecular complexity index is 338. The van der Waals surface area contributed by atoms with Gasteiger partial charge in [-0.1, -0.05) is 50.1 Å². The molecule has 0 radical (unpaired) electrons. The lowest BCUT2D eigenvalue weighted by atomic mass is 10.1. The van der Waals surface area contributed by atoms with Gasteiger partial charge in [-0.25, -0.2) is 0 Å². The second-order valence-corrected chi connectivity index (χ2v) is 4.51. The van der Waals surface area contributed by atoms with Gasteiger partial charge in [0.2, 0.25) is 0 Å². The SMILES string of the molecule is CCCCCOC(=O)[C@@H](N)CCc1ccccc1. The molecule has 1 aromatic carbocycles. The number of nitrogens with two attached hydrogens (primary N) is 1. The summed E-state index contributed by atoms with van der Waals surface area (Å²) in [4.78, 5) is 11.6. The van der Waals surface area contributed by atoms with E-state index < -0.39 is 6.04 Å². The number of aryl methyl sites for hydroxylation is 1. The zero-order chi connectivity index (χ0) is 13.2. The van der Waals surface area contributed by atoms with Crippen molar-refractivity contribution in [2.45, 2.75) is 45.1 Å². The monoisotopic (exact) mass is 249 g/mol. The summed E-state index contributed by atoms with van der Waals surface area (Å²) in [7, 11) is 0. The van der Waals surface area contributed by atoms with Crippen LogP contribution >= 0.6 is 0 Å². The van der Waals surface area contributed by atoms with Gasteiger partial charge in [-0.15, -0.1) is 0 Å². The van der Waals surface area contributed by atoms with Gasteiger partial charge in [0.25, 0.3) is 0 Å². The van der Waals surface area contributed by atoms with E-state index in [1.54, 1.807) is 0 Å². The lowest BCUT2D eigenvalue weighted by Gasteiger charge is -2.11. The van der Waals surface area contributed by atoms with E-state index >= 15 is 0 Å². The second-order valence-electron chi connectivity index (χ2n) is 4.51. The van der Waals surface area contributed by atoms with Crippen molar-refractivity contribution in [3.63, 3.8) is 0 Å². The van der Waals surface area contributed by atoms with E-state index in [1.165, 1.54) is 5.56 Å². The van der Waals surface area contributed by atoms with Crippen molar-refractivity contribution in [1.29, 1.82) is 0 Å². The fourth-order valence-electron chi connectivity index (χ4n) is 1.72. The molecule has 0 bridgehead atoms. The van der Waals surface area contributed by atoms with Crippen LogP contribution in [0.3, 0.4) is 0 Å². The summed E-state index contributed by atoms with van der Waals surface area (Å²) in [6, 6.07) is 9.53. The molecule has 0 aliphatic heterocycles. The summed E-state index contributed by atoms with van der Waals surface area (Å²) < 4.78 is 5.13. The third-order valence-electron chi connectivity index (χ3n) is 2.88. The molecule has 0 saturated heterocycles.